The van der Waals surface area contributed by atoms with Crippen molar-refractivity contribution in [3.05, 3.63) is 35.9 Å². The molecule has 18 heavy (non-hydrogen) atoms. The summed E-state index contributed by atoms with van der Waals surface area (Å²) in [5.74, 6) is 1.83. The number of hydrogen-bond acceptors (Lipinski definition) is 1. The molecule has 0 unspecified atom stereocenters. The second kappa shape index (κ2) is 6.38. The standard InChI is InChI=1S/C17H27N/c1-14(2)16-9-11-17(12-10-16)18(3)13-15-7-5-4-6-8-15/h4-8,14,16-17H,9-13H2,1-3H3/t16-,17+. The molecule has 1 nitrogen and oxygen atoms in total. The number of nitrogens with zero attached hydrogens (tertiary/aromatic N) is 1. The molecule has 0 N–H and O–H groups in total. The van der Waals surface area contributed by atoms with Gasteiger partial charge in [-0.05, 0) is 50.1 Å². The molecular weight excluding hydrogens is 218 g/mol. The number of benzene rings is 1. The van der Waals surface area contributed by atoms with Crippen molar-refractivity contribution in [1.29, 1.82) is 0 Å². The second-order valence-corrected chi connectivity index (χ2v) is 6.21. The number of hydrogen-bond donors (Lipinski definition) is 0. The van der Waals surface area contributed by atoms with Crippen molar-refractivity contribution in [3.63, 3.8) is 0 Å². The summed E-state index contributed by atoms with van der Waals surface area (Å²) in [6.45, 7) is 5.84. The van der Waals surface area contributed by atoms with Crippen LogP contribution in [-0.2, 0) is 6.54 Å². The van der Waals surface area contributed by atoms with Crippen molar-refractivity contribution in [3.8, 4) is 0 Å². The summed E-state index contributed by atoms with van der Waals surface area (Å²) in [5.41, 5.74) is 1.44. The van der Waals surface area contributed by atoms with E-state index in [4.69, 9.17) is 0 Å². The molecule has 0 radical (unpaired) electrons. The van der Waals surface area contributed by atoms with E-state index in [9.17, 15) is 0 Å². The molecule has 0 aromatic heterocycles. The summed E-state index contributed by atoms with van der Waals surface area (Å²) in [6, 6.07) is 11.6. The Labute approximate surface area is 112 Å². The van der Waals surface area contributed by atoms with Crippen LogP contribution in [0.3, 0.4) is 0 Å². The highest BCUT2D eigenvalue weighted by Gasteiger charge is 2.25. The predicted octanol–water partition coefficient (Wildman–Crippen LogP) is 4.33. The Bertz CT molecular complexity index is 336. The van der Waals surface area contributed by atoms with E-state index in [2.05, 4.69) is 56.1 Å². The van der Waals surface area contributed by atoms with Crippen molar-refractivity contribution < 1.29 is 0 Å². The molecule has 1 aliphatic carbocycles. The summed E-state index contributed by atoms with van der Waals surface area (Å²) in [5, 5.41) is 0. The van der Waals surface area contributed by atoms with E-state index >= 15 is 0 Å². The molecule has 1 saturated carbocycles. The lowest BCUT2D eigenvalue weighted by Gasteiger charge is -2.36. The van der Waals surface area contributed by atoms with Crippen molar-refractivity contribution in [1.82, 2.24) is 4.90 Å². The SMILES string of the molecule is CC(C)[C@H]1CC[C@@H](N(C)Cc2ccccc2)CC1. The third-order valence-corrected chi connectivity index (χ3v) is 4.58. The minimum absolute atomic E-state index is 0.792. The molecule has 0 aliphatic heterocycles. The summed E-state index contributed by atoms with van der Waals surface area (Å²) >= 11 is 0. The van der Waals surface area contributed by atoms with Gasteiger partial charge in [-0.1, -0.05) is 44.2 Å². The monoisotopic (exact) mass is 245 g/mol. The van der Waals surface area contributed by atoms with Crippen LogP contribution < -0.4 is 0 Å². The molecular formula is C17H27N. The molecule has 0 bridgehead atoms. The highest BCUT2D eigenvalue weighted by Crippen LogP contribution is 2.32. The molecule has 0 heterocycles. The Morgan fingerprint density at radius 3 is 2.22 bits per heavy atom. The van der Waals surface area contributed by atoms with Gasteiger partial charge in [-0.2, -0.15) is 0 Å². The summed E-state index contributed by atoms with van der Waals surface area (Å²) in [6.07, 6.45) is 5.60. The summed E-state index contributed by atoms with van der Waals surface area (Å²) in [4.78, 5) is 2.55. The maximum absolute atomic E-state index is 2.55. The molecule has 2 rings (SSSR count). The van der Waals surface area contributed by atoms with Crippen LogP contribution in [0.25, 0.3) is 0 Å². The van der Waals surface area contributed by atoms with E-state index in [-0.39, 0.29) is 0 Å². The van der Waals surface area contributed by atoms with E-state index < -0.39 is 0 Å². The first-order valence-corrected chi connectivity index (χ1v) is 7.41. The zero-order valence-electron chi connectivity index (χ0n) is 12.1. The van der Waals surface area contributed by atoms with Crippen molar-refractivity contribution >= 4 is 0 Å². The van der Waals surface area contributed by atoms with E-state index in [1.54, 1.807) is 0 Å². The summed E-state index contributed by atoms with van der Waals surface area (Å²) in [7, 11) is 2.29. The van der Waals surface area contributed by atoms with Gasteiger partial charge in [-0.3, -0.25) is 4.90 Å². The molecule has 0 spiro atoms. The van der Waals surface area contributed by atoms with E-state index in [0.717, 1.165) is 24.4 Å². The van der Waals surface area contributed by atoms with Gasteiger partial charge in [-0.15, -0.1) is 0 Å². The summed E-state index contributed by atoms with van der Waals surface area (Å²) < 4.78 is 0. The highest BCUT2D eigenvalue weighted by atomic mass is 15.1. The van der Waals surface area contributed by atoms with Gasteiger partial charge in [0, 0.05) is 12.6 Å². The lowest BCUT2D eigenvalue weighted by molar-refractivity contribution is 0.142. The first kappa shape index (κ1) is 13.6. The zero-order chi connectivity index (χ0) is 13.0. The predicted molar refractivity (Wildman–Crippen MR) is 78.5 cm³/mol. The fourth-order valence-corrected chi connectivity index (χ4v) is 3.21. The topological polar surface area (TPSA) is 3.24 Å². The van der Waals surface area contributed by atoms with Crippen LogP contribution in [0.4, 0.5) is 0 Å². The van der Waals surface area contributed by atoms with Gasteiger partial charge in [0.25, 0.3) is 0 Å². The van der Waals surface area contributed by atoms with E-state index in [0.29, 0.717) is 0 Å². The molecule has 0 atom stereocenters. The quantitative estimate of drug-likeness (QED) is 0.763. The third kappa shape index (κ3) is 3.58. The van der Waals surface area contributed by atoms with Crippen molar-refractivity contribution in [2.75, 3.05) is 7.05 Å². The maximum atomic E-state index is 2.55. The highest BCUT2D eigenvalue weighted by molar-refractivity contribution is 5.14. The van der Waals surface area contributed by atoms with Crippen LogP contribution in [-0.4, -0.2) is 18.0 Å². The Morgan fingerprint density at radius 1 is 1.06 bits per heavy atom. The van der Waals surface area contributed by atoms with Gasteiger partial charge < -0.3 is 0 Å². The zero-order valence-corrected chi connectivity index (χ0v) is 12.1. The average molecular weight is 245 g/mol. The normalized spacial score (nSPS) is 24.7. The Kier molecular flexibility index (Phi) is 4.82. The Balaban J connectivity index is 1.82. The minimum Gasteiger partial charge on any atom is -0.299 e. The van der Waals surface area contributed by atoms with Gasteiger partial charge in [0.2, 0.25) is 0 Å². The van der Waals surface area contributed by atoms with Gasteiger partial charge in [0.1, 0.15) is 0 Å². The van der Waals surface area contributed by atoms with Gasteiger partial charge >= 0.3 is 0 Å². The van der Waals surface area contributed by atoms with Gasteiger partial charge in [-0.25, -0.2) is 0 Å². The minimum atomic E-state index is 0.792. The molecule has 1 heteroatoms. The third-order valence-electron chi connectivity index (χ3n) is 4.58. The van der Waals surface area contributed by atoms with Crippen LogP contribution in [0.1, 0.15) is 45.1 Å². The van der Waals surface area contributed by atoms with E-state index in [1.165, 1.54) is 31.2 Å². The first-order chi connectivity index (χ1) is 8.66. The van der Waals surface area contributed by atoms with Crippen LogP contribution in [0.15, 0.2) is 30.3 Å². The van der Waals surface area contributed by atoms with Gasteiger partial charge in [0.15, 0.2) is 0 Å². The van der Waals surface area contributed by atoms with Crippen molar-refractivity contribution in [2.45, 2.75) is 52.1 Å². The smallest absolute Gasteiger partial charge is 0.0233 e. The largest absolute Gasteiger partial charge is 0.299 e. The van der Waals surface area contributed by atoms with Crippen molar-refractivity contribution in [2.24, 2.45) is 11.8 Å². The maximum Gasteiger partial charge on any atom is 0.0233 e. The van der Waals surface area contributed by atoms with Crippen LogP contribution in [0, 0.1) is 11.8 Å². The molecule has 0 saturated heterocycles. The lowest BCUT2D eigenvalue weighted by Crippen LogP contribution is -2.35. The fraction of sp³-hybridized carbons (Fsp3) is 0.647. The van der Waals surface area contributed by atoms with Gasteiger partial charge in [0.05, 0.1) is 0 Å². The Morgan fingerprint density at radius 2 is 1.67 bits per heavy atom. The molecule has 1 fully saturated rings. The average Bonchev–Trinajstić information content (AvgIpc) is 2.40. The van der Waals surface area contributed by atoms with E-state index in [1.807, 2.05) is 0 Å². The van der Waals surface area contributed by atoms with Crippen LogP contribution in [0.5, 0.6) is 0 Å². The molecule has 0 amide bonds. The second-order valence-electron chi connectivity index (χ2n) is 6.21. The first-order valence-electron chi connectivity index (χ1n) is 7.41. The Hall–Kier alpha value is -0.820. The molecule has 1 aliphatic rings. The van der Waals surface area contributed by atoms with Crippen LogP contribution in [0.2, 0.25) is 0 Å². The number of rotatable bonds is 4. The lowest BCUT2D eigenvalue weighted by atomic mass is 9.79. The molecule has 100 valence electrons. The van der Waals surface area contributed by atoms with Crippen LogP contribution >= 0.6 is 0 Å². The fourth-order valence-electron chi connectivity index (χ4n) is 3.21. The molecule has 1 aromatic carbocycles. The molecule has 1 aromatic rings.